The highest BCUT2D eigenvalue weighted by atomic mass is 79.9. The summed E-state index contributed by atoms with van der Waals surface area (Å²) in [6.45, 7) is 5.78. The first kappa shape index (κ1) is 27.5. The number of hydrogen-bond donors (Lipinski definition) is 1. The van der Waals surface area contributed by atoms with Crippen molar-refractivity contribution >= 4 is 27.2 Å². The number of ether oxygens (including phenoxy) is 1. The molecule has 4 aromatic heterocycles. The van der Waals surface area contributed by atoms with Gasteiger partial charge < -0.3 is 10.5 Å². The lowest BCUT2D eigenvalue weighted by atomic mass is 9.93. The number of fused-ring (bicyclic) bond motifs is 2. The maximum absolute atomic E-state index is 13.7. The number of rotatable bonds is 6. The Morgan fingerprint density at radius 2 is 1.63 bits per heavy atom. The monoisotopic (exact) mass is 589 g/mol. The summed E-state index contributed by atoms with van der Waals surface area (Å²) in [5.41, 5.74) is 6.81. The second-order valence-electron chi connectivity index (χ2n) is 9.58. The molecule has 200 valence electrons. The van der Waals surface area contributed by atoms with Crippen molar-refractivity contribution in [3.63, 3.8) is 0 Å². The molecule has 0 aliphatic rings. The van der Waals surface area contributed by atoms with Gasteiger partial charge in [0.25, 0.3) is 0 Å². The van der Waals surface area contributed by atoms with Crippen LogP contribution < -0.4 is 10.5 Å². The Hall–Kier alpha value is -3.51. The lowest BCUT2D eigenvalue weighted by Crippen LogP contribution is -2.43. The van der Waals surface area contributed by atoms with Gasteiger partial charge in [-0.05, 0) is 65.0 Å². The van der Waals surface area contributed by atoms with Crippen molar-refractivity contribution in [2.45, 2.75) is 38.9 Å². The van der Waals surface area contributed by atoms with Gasteiger partial charge in [-0.3, -0.25) is 0 Å². The Kier molecular flexibility index (Phi) is 8.02. The van der Waals surface area contributed by atoms with Crippen molar-refractivity contribution in [2.75, 3.05) is 6.61 Å². The Labute approximate surface area is 225 Å². The van der Waals surface area contributed by atoms with Gasteiger partial charge >= 0.3 is 6.18 Å². The zero-order valence-corrected chi connectivity index (χ0v) is 22.6. The van der Waals surface area contributed by atoms with Crippen molar-refractivity contribution in [3.8, 4) is 16.9 Å². The summed E-state index contributed by atoms with van der Waals surface area (Å²) in [6.07, 6.45) is 6.14. The minimum absolute atomic E-state index is 0.00806. The number of nitrogens with two attached hydrogens (primary N) is 1. The fourth-order valence-electron chi connectivity index (χ4n) is 4.11. The van der Waals surface area contributed by atoms with Crippen LogP contribution in [0.25, 0.3) is 22.4 Å². The summed E-state index contributed by atoms with van der Waals surface area (Å²) in [6, 6.07) is 7.51. The van der Waals surface area contributed by atoms with Gasteiger partial charge in [0.2, 0.25) is 0 Å². The van der Waals surface area contributed by atoms with Crippen LogP contribution in [-0.2, 0) is 6.18 Å². The van der Waals surface area contributed by atoms with E-state index in [4.69, 9.17) is 10.5 Å². The van der Waals surface area contributed by atoms with E-state index in [1.54, 1.807) is 48.4 Å². The molecule has 8 nitrogen and oxygen atoms in total. The second kappa shape index (κ2) is 11.1. The van der Waals surface area contributed by atoms with Crippen LogP contribution in [-0.4, -0.2) is 41.3 Å². The lowest BCUT2D eigenvalue weighted by molar-refractivity contribution is -0.139. The second-order valence-corrected chi connectivity index (χ2v) is 10.4. The van der Waals surface area contributed by atoms with E-state index in [0.29, 0.717) is 29.1 Å². The molecule has 0 radical (unpaired) electrons. The van der Waals surface area contributed by atoms with Crippen LogP contribution in [0, 0.1) is 5.92 Å². The van der Waals surface area contributed by atoms with Crippen LogP contribution >= 0.6 is 15.9 Å². The van der Waals surface area contributed by atoms with Crippen LogP contribution in [0.4, 0.5) is 13.2 Å². The highest BCUT2D eigenvalue weighted by Crippen LogP contribution is 2.39. The summed E-state index contributed by atoms with van der Waals surface area (Å²) in [5, 5.41) is 8.16. The van der Waals surface area contributed by atoms with E-state index in [1.165, 1.54) is 16.8 Å². The van der Waals surface area contributed by atoms with Crippen molar-refractivity contribution in [3.05, 3.63) is 77.5 Å². The smallest absolute Gasteiger partial charge is 0.419 e. The van der Waals surface area contributed by atoms with E-state index in [0.717, 1.165) is 16.2 Å². The number of benzene rings is 1. The van der Waals surface area contributed by atoms with Gasteiger partial charge in [0.15, 0.2) is 11.3 Å². The fraction of sp³-hybridized carbons (Fsp3) is 0.308. The molecule has 5 rings (SSSR count). The normalized spacial score (nSPS) is 13.4. The van der Waals surface area contributed by atoms with E-state index in [1.807, 2.05) is 26.1 Å². The first-order chi connectivity index (χ1) is 17.9. The number of hydrogen-bond acceptors (Lipinski definition) is 6. The van der Waals surface area contributed by atoms with E-state index in [9.17, 15) is 13.2 Å². The van der Waals surface area contributed by atoms with Crippen LogP contribution in [0.1, 0.15) is 32.8 Å². The van der Waals surface area contributed by atoms with Gasteiger partial charge in [-0.25, -0.2) is 19.0 Å². The molecule has 0 saturated heterocycles. The van der Waals surface area contributed by atoms with Crippen LogP contribution in [0.5, 0.6) is 5.75 Å². The minimum Gasteiger partial charge on any atom is -0.491 e. The predicted octanol–water partition coefficient (Wildman–Crippen LogP) is 6.05. The van der Waals surface area contributed by atoms with Gasteiger partial charge in [0.05, 0.1) is 22.4 Å². The maximum Gasteiger partial charge on any atom is 0.419 e. The van der Waals surface area contributed by atoms with Crippen LogP contribution in [0.15, 0.2) is 72.0 Å². The largest absolute Gasteiger partial charge is 0.491 e. The molecule has 0 aliphatic carbocycles. The van der Waals surface area contributed by atoms with Crippen molar-refractivity contribution < 1.29 is 17.9 Å². The van der Waals surface area contributed by atoms with Crippen molar-refractivity contribution in [1.82, 2.24) is 29.2 Å². The molecule has 2 N–H and O–H groups in total. The Bertz CT molecular complexity index is 1530. The average molecular weight is 590 g/mol. The van der Waals surface area contributed by atoms with Crippen molar-refractivity contribution in [1.29, 1.82) is 0 Å². The lowest BCUT2D eigenvalue weighted by Gasteiger charge is -2.27. The molecule has 0 fully saturated rings. The molecular formula is C26H27BrF3N7O. The molecule has 38 heavy (non-hydrogen) atoms. The summed E-state index contributed by atoms with van der Waals surface area (Å²) in [4.78, 5) is 8.29. The molecule has 5 aromatic rings. The van der Waals surface area contributed by atoms with Crippen molar-refractivity contribution in [2.24, 2.45) is 11.7 Å². The molecule has 0 saturated carbocycles. The topological polar surface area (TPSA) is 95.6 Å². The molecule has 12 heteroatoms. The summed E-state index contributed by atoms with van der Waals surface area (Å²) in [5.74, 6) is 0.0762. The molecular weight excluding hydrogens is 563 g/mol. The van der Waals surface area contributed by atoms with Crippen LogP contribution in [0.3, 0.4) is 0 Å². The molecule has 0 aliphatic heterocycles. The van der Waals surface area contributed by atoms with E-state index < -0.39 is 17.3 Å². The molecule has 1 atom stereocenters. The summed E-state index contributed by atoms with van der Waals surface area (Å²) >= 11 is 3.32. The number of halogens is 4. The molecule has 0 unspecified atom stereocenters. The van der Waals surface area contributed by atoms with E-state index in [2.05, 4.69) is 36.1 Å². The summed E-state index contributed by atoms with van der Waals surface area (Å²) < 4.78 is 50.7. The number of aromatic nitrogens is 6. The standard InChI is InChI=1S/C20H23F3N4O.C6H4BrN3/c1-13(2)10-19(3,24)12-28-17-6-5-14(9-16(17)20(21,22)23)15-11-26-27-8-4-7-25-18(15)27;7-5-4-9-10-3-1-2-8-6(5)10/h4-9,11,13H,10,12,24H2,1-3H3;1-4H/t19-;/m0./s1. The third-order valence-corrected chi connectivity index (χ3v) is 6.10. The Morgan fingerprint density at radius 3 is 2.26 bits per heavy atom. The molecule has 0 spiro atoms. The first-order valence-electron chi connectivity index (χ1n) is 11.8. The highest BCUT2D eigenvalue weighted by molar-refractivity contribution is 9.10. The summed E-state index contributed by atoms with van der Waals surface area (Å²) in [7, 11) is 0. The molecule has 1 aromatic carbocycles. The van der Waals surface area contributed by atoms with E-state index in [-0.39, 0.29) is 12.4 Å². The Morgan fingerprint density at radius 1 is 1.00 bits per heavy atom. The van der Waals surface area contributed by atoms with Gasteiger partial charge in [-0.15, -0.1) is 0 Å². The average Bonchev–Trinajstić information content (AvgIpc) is 3.46. The zero-order chi connectivity index (χ0) is 27.5. The molecule has 0 bridgehead atoms. The maximum atomic E-state index is 13.7. The quantitative estimate of drug-likeness (QED) is 0.259. The van der Waals surface area contributed by atoms with Gasteiger partial charge in [0.1, 0.15) is 12.4 Å². The zero-order valence-electron chi connectivity index (χ0n) is 21.0. The molecule has 4 heterocycles. The molecule has 0 amide bonds. The SMILES string of the molecule is Brc1cnn2cccnc12.CC(C)C[C@](C)(N)COc1ccc(-c2cnn3cccnc23)cc1C(F)(F)F. The van der Waals surface area contributed by atoms with Crippen LogP contribution in [0.2, 0.25) is 0 Å². The van der Waals surface area contributed by atoms with Gasteiger partial charge in [-0.1, -0.05) is 19.9 Å². The number of alkyl halides is 3. The third kappa shape index (κ3) is 6.48. The Balaban J connectivity index is 0.000000278. The predicted molar refractivity (Wildman–Crippen MR) is 142 cm³/mol. The fourth-order valence-corrected chi connectivity index (χ4v) is 4.48. The minimum atomic E-state index is -4.56. The van der Waals surface area contributed by atoms with Gasteiger partial charge in [-0.2, -0.15) is 23.4 Å². The highest BCUT2D eigenvalue weighted by Gasteiger charge is 2.35. The number of nitrogens with zero attached hydrogens (tertiary/aromatic N) is 6. The van der Waals surface area contributed by atoms with Gasteiger partial charge in [0, 0.05) is 35.9 Å². The third-order valence-electron chi connectivity index (χ3n) is 5.54. The van der Waals surface area contributed by atoms with E-state index >= 15 is 0 Å². The first-order valence-corrected chi connectivity index (χ1v) is 12.6.